The third kappa shape index (κ3) is 5.71. The van der Waals surface area contributed by atoms with Gasteiger partial charge in [-0.25, -0.2) is 4.79 Å². The molecule has 5 heteroatoms. The largest absolute Gasteiger partial charge is 0.481 e. The van der Waals surface area contributed by atoms with Gasteiger partial charge in [-0.3, -0.25) is 4.79 Å². The van der Waals surface area contributed by atoms with Gasteiger partial charge in [0.05, 0.1) is 6.42 Å². The van der Waals surface area contributed by atoms with E-state index in [1.54, 1.807) is 0 Å². The van der Waals surface area contributed by atoms with Crippen LogP contribution in [0.4, 0.5) is 4.79 Å². The zero-order chi connectivity index (χ0) is 26.1. The molecule has 0 amide bonds. The highest BCUT2D eigenvalue weighted by Gasteiger charge is 2.59. The lowest BCUT2D eigenvalue weighted by Crippen LogP contribution is -2.51. The van der Waals surface area contributed by atoms with Crippen molar-refractivity contribution in [1.82, 2.24) is 0 Å². The minimum atomic E-state index is -0.872. The van der Waals surface area contributed by atoms with Gasteiger partial charge in [0.2, 0.25) is 0 Å². The van der Waals surface area contributed by atoms with E-state index < -0.39 is 5.97 Å². The van der Waals surface area contributed by atoms with E-state index in [0.29, 0.717) is 5.41 Å². The Morgan fingerprint density at radius 3 is 2.58 bits per heavy atom. The summed E-state index contributed by atoms with van der Waals surface area (Å²) in [5, 5.41) is 8.48. The second kappa shape index (κ2) is 11.4. The molecule has 0 aliphatic heterocycles. The van der Waals surface area contributed by atoms with Crippen LogP contribution >= 0.6 is 11.8 Å². The fourth-order valence-corrected chi connectivity index (χ4v) is 9.79. The number of carbonyl (C=O) groups excluding carboxylic acids is 1. The number of rotatable bonds is 9. The first kappa shape index (κ1) is 28.0. The Bertz CT molecular complexity index is 836. The topological polar surface area (TPSA) is 63.6 Å². The van der Waals surface area contributed by atoms with Gasteiger partial charge < -0.3 is 9.84 Å². The molecule has 4 aliphatic rings. The molecule has 3 fully saturated rings. The average Bonchev–Trinajstić information content (AvgIpc) is 3.16. The van der Waals surface area contributed by atoms with Crippen molar-refractivity contribution in [2.24, 2.45) is 46.3 Å². The van der Waals surface area contributed by atoms with E-state index in [2.05, 4.69) is 40.7 Å². The summed E-state index contributed by atoms with van der Waals surface area (Å²) in [5.74, 6) is 4.42. The maximum Gasteiger partial charge on any atom is 0.367 e. The van der Waals surface area contributed by atoms with Crippen LogP contribution in [0.25, 0.3) is 0 Å². The second-order valence-electron chi connectivity index (χ2n) is 13.5. The first-order chi connectivity index (χ1) is 17.0. The highest BCUT2D eigenvalue weighted by Crippen LogP contribution is 2.67. The Morgan fingerprint density at radius 2 is 1.86 bits per heavy atom. The number of ether oxygens (including phenoxy) is 1. The third-order valence-corrected chi connectivity index (χ3v) is 11.8. The molecule has 0 aromatic rings. The molecule has 0 aromatic heterocycles. The minimum Gasteiger partial charge on any atom is -0.481 e. The van der Waals surface area contributed by atoms with E-state index in [1.807, 2.05) is 0 Å². The summed E-state index contributed by atoms with van der Waals surface area (Å²) in [7, 11) is 0. The van der Waals surface area contributed by atoms with Crippen molar-refractivity contribution in [2.45, 2.75) is 118 Å². The number of carboxylic acid groups (broad SMARTS) is 1. The zero-order valence-electron chi connectivity index (χ0n) is 23.4. The summed E-state index contributed by atoms with van der Waals surface area (Å²) in [5.41, 5.74) is 2.30. The number of aliphatic carboxylic acids is 1. The van der Waals surface area contributed by atoms with E-state index in [4.69, 9.17) is 9.84 Å². The summed E-state index contributed by atoms with van der Waals surface area (Å²) in [4.78, 5) is 22.9. The third-order valence-electron chi connectivity index (χ3n) is 11.1. The molecular formula is C31H50O4S. The number of carboxylic acids is 1. The second-order valence-corrected chi connectivity index (χ2v) is 14.5. The number of carbonyl (C=O) groups is 2. The molecule has 8 atom stereocenters. The Morgan fingerprint density at radius 1 is 1.08 bits per heavy atom. The molecule has 0 spiro atoms. The maximum absolute atomic E-state index is 12.2. The Balaban J connectivity index is 1.38. The molecule has 0 aromatic carbocycles. The predicted octanol–water partition coefficient (Wildman–Crippen LogP) is 8.74. The molecule has 0 radical (unpaired) electrons. The van der Waals surface area contributed by atoms with Crippen LogP contribution < -0.4 is 0 Å². The van der Waals surface area contributed by atoms with Crippen LogP contribution in [0.2, 0.25) is 0 Å². The molecule has 3 saturated carbocycles. The van der Waals surface area contributed by atoms with E-state index in [-0.39, 0.29) is 29.0 Å². The summed E-state index contributed by atoms with van der Waals surface area (Å²) >= 11 is 1.00. The lowest BCUT2D eigenvalue weighted by Gasteiger charge is -2.58. The standard InChI is InChI=1S/C31H50O4S/c1-20(2)7-6-8-21(3)25-11-12-26-24-10-9-22-19-23(35-29(34)36-18-15-28(32)33)13-16-30(22,4)27(24)14-17-31(25,26)5/h9,20-21,23-27H,6-8,10-19H2,1-5H3,(H,32,33)/t21-,23?,24?,25?,26?,27?,30+,31-/m0/s1. The predicted molar refractivity (Wildman–Crippen MR) is 148 cm³/mol. The van der Waals surface area contributed by atoms with Crippen LogP contribution in [-0.2, 0) is 9.53 Å². The summed E-state index contributed by atoms with van der Waals surface area (Å²) in [6, 6.07) is 0. The van der Waals surface area contributed by atoms with Gasteiger partial charge >= 0.3 is 11.3 Å². The summed E-state index contributed by atoms with van der Waals surface area (Å²) in [6.45, 7) is 12.4. The van der Waals surface area contributed by atoms with Crippen LogP contribution in [0.5, 0.6) is 0 Å². The molecule has 0 heterocycles. The number of thioether (sulfide) groups is 1. The van der Waals surface area contributed by atoms with Gasteiger partial charge in [-0.2, -0.15) is 0 Å². The van der Waals surface area contributed by atoms with E-state index >= 15 is 0 Å². The van der Waals surface area contributed by atoms with E-state index in [0.717, 1.165) is 66.5 Å². The van der Waals surface area contributed by atoms with Crippen molar-refractivity contribution >= 4 is 23.0 Å². The van der Waals surface area contributed by atoms with Crippen molar-refractivity contribution in [1.29, 1.82) is 0 Å². The molecule has 4 aliphatic carbocycles. The zero-order valence-corrected chi connectivity index (χ0v) is 24.2. The first-order valence-electron chi connectivity index (χ1n) is 14.8. The molecule has 0 bridgehead atoms. The highest BCUT2D eigenvalue weighted by atomic mass is 32.2. The summed E-state index contributed by atoms with van der Waals surface area (Å²) in [6.07, 6.45) is 16.3. The monoisotopic (exact) mass is 518 g/mol. The molecule has 5 unspecified atom stereocenters. The van der Waals surface area contributed by atoms with Gasteiger partial charge in [0, 0.05) is 12.2 Å². The van der Waals surface area contributed by atoms with E-state index in [1.165, 1.54) is 56.9 Å². The Hall–Kier alpha value is -0.970. The Labute approximate surface area is 223 Å². The van der Waals surface area contributed by atoms with Crippen LogP contribution in [-0.4, -0.2) is 28.2 Å². The minimum absolute atomic E-state index is 0.00556. The number of hydrogen-bond donors (Lipinski definition) is 1. The van der Waals surface area contributed by atoms with Crippen molar-refractivity contribution in [3.63, 3.8) is 0 Å². The van der Waals surface area contributed by atoms with Gasteiger partial charge in [0.15, 0.2) is 0 Å². The maximum atomic E-state index is 12.2. The van der Waals surface area contributed by atoms with Gasteiger partial charge in [-0.05, 0) is 103 Å². The molecule has 4 nitrogen and oxygen atoms in total. The number of allylic oxidation sites excluding steroid dienone is 1. The average molecular weight is 519 g/mol. The highest BCUT2D eigenvalue weighted by molar-refractivity contribution is 8.13. The van der Waals surface area contributed by atoms with Gasteiger partial charge in [-0.1, -0.05) is 65.5 Å². The molecule has 36 heavy (non-hydrogen) atoms. The number of hydrogen-bond acceptors (Lipinski definition) is 4. The van der Waals surface area contributed by atoms with Crippen LogP contribution in [0.1, 0.15) is 112 Å². The molecular weight excluding hydrogens is 468 g/mol. The van der Waals surface area contributed by atoms with Crippen LogP contribution in [0.3, 0.4) is 0 Å². The smallest absolute Gasteiger partial charge is 0.367 e. The van der Waals surface area contributed by atoms with Gasteiger partial charge in [-0.15, -0.1) is 0 Å². The normalized spacial score (nSPS) is 38.5. The molecule has 1 N–H and O–H groups in total. The fourth-order valence-electron chi connectivity index (χ4n) is 9.14. The molecule has 4 rings (SSSR count). The lowest BCUT2D eigenvalue weighted by atomic mass is 9.47. The van der Waals surface area contributed by atoms with Crippen LogP contribution in [0, 0.1) is 46.3 Å². The number of fused-ring (bicyclic) bond motifs is 5. The van der Waals surface area contributed by atoms with Gasteiger partial charge in [0.25, 0.3) is 0 Å². The Kier molecular flexibility index (Phi) is 8.89. The lowest BCUT2D eigenvalue weighted by molar-refractivity contribution is -0.136. The van der Waals surface area contributed by atoms with Crippen molar-refractivity contribution in [2.75, 3.05) is 5.75 Å². The molecule has 204 valence electrons. The first-order valence-corrected chi connectivity index (χ1v) is 15.8. The van der Waals surface area contributed by atoms with Gasteiger partial charge in [0.1, 0.15) is 6.10 Å². The summed E-state index contributed by atoms with van der Waals surface area (Å²) < 4.78 is 5.77. The SMILES string of the molecule is CC(C)CCC[C@H](C)C1CCC2C3CC=C4CC(OC(=O)SCCC(=O)O)CC[C@@]4(C)C3CC[C@]21C. The van der Waals surface area contributed by atoms with Crippen molar-refractivity contribution in [3.8, 4) is 0 Å². The molecule has 0 saturated heterocycles. The van der Waals surface area contributed by atoms with Crippen molar-refractivity contribution in [3.05, 3.63) is 11.6 Å². The van der Waals surface area contributed by atoms with E-state index in [9.17, 15) is 9.59 Å². The van der Waals surface area contributed by atoms with Crippen molar-refractivity contribution < 1.29 is 19.4 Å². The fraction of sp³-hybridized carbons (Fsp3) is 0.871. The quantitative estimate of drug-likeness (QED) is 0.244. The van der Waals surface area contributed by atoms with Crippen LogP contribution in [0.15, 0.2) is 11.6 Å².